The highest BCUT2D eigenvalue weighted by atomic mass is 16.7. The Hall–Kier alpha value is -6.18. The number of hydrogen-bond acceptors (Lipinski definition) is 11. The quantitative estimate of drug-likeness (QED) is 0.0228. The maximum absolute atomic E-state index is 13.1. The van der Waals surface area contributed by atoms with Gasteiger partial charge in [-0.05, 0) is 128 Å². The first-order valence-corrected chi connectivity index (χ1v) is 29.8. The number of aliphatic carboxylic acids is 1. The molecule has 0 spiro atoms. The lowest BCUT2D eigenvalue weighted by atomic mass is 9.98. The zero-order chi connectivity index (χ0) is 58.9. The molecule has 1 aliphatic heterocycles. The smallest absolute Gasteiger partial charge is 0.335 e. The number of carboxylic acid groups (broad SMARTS) is 1. The standard InChI is InChI=1S/C69H100O12/c1-4-7-10-13-16-19-22-25-27-29-31-33-35-38-40-43-46-49-52-55-61(70)77-58-60(79-62(71)56-53-50-47-44-41-37-24-21-18-15-12-9-6-3)59-78-69-67(65(74)64(73)66(81-69)68(75)76)80-63(72)57-54-51-48-45-42-39-36-34-32-30-28-26-23-20-17-14-11-8-5-2/h7-12,16-21,25-28,31-34,37-42,47-48,50-51,60,64-67,69,73-74H,4-6,13-15,22-24,29-30,35-36,43-46,49,52-59H2,1-3H3,(H,75,76)/b10-7-,11-8-,12-9-,19-16-,20-17-,21-18-,27-25-,28-26-,33-31-,34-32-,40-38-,41-37-,42-39-,50-47-,51-48-. The molecular formula is C69H100O12. The summed E-state index contributed by atoms with van der Waals surface area (Å²) >= 11 is 0. The van der Waals surface area contributed by atoms with E-state index in [9.17, 15) is 34.5 Å². The van der Waals surface area contributed by atoms with E-state index >= 15 is 0 Å². The predicted molar refractivity (Wildman–Crippen MR) is 330 cm³/mol. The molecule has 6 unspecified atom stereocenters. The molecule has 0 aromatic carbocycles. The van der Waals surface area contributed by atoms with Crippen molar-refractivity contribution in [2.24, 2.45) is 0 Å². The van der Waals surface area contributed by atoms with Crippen molar-refractivity contribution in [1.29, 1.82) is 0 Å². The number of esters is 3. The van der Waals surface area contributed by atoms with Crippen LogP contribution >= 0.6 is 0 Å². The summed E-state index contributed by atoms with van der Waals surface area (Å²) in [5.41, 5.74) is 0. The van der Waals surface area contributed by atoms with Crippen LogP contribution in [-0.2, 0) is 42.9 Å². The number of carbonyl (C=O) groups excluding carboxylic acids is 3. The maximum atomic E-state index is 13.1. The fraction of sp³-hybridized carbons (Fsp3) is 0.507. The van der Waals surface area contributed by atoms with E-state index in [1.54, 1.807) is 0 Å². The van der Waals surface area contributed by atoms with Gasteiger partial charge in [-0.15, -0.1) is 0 Å². The third kappa shape index (κ3) is 44.2. The lowest BCUT2D eigenvalue weighted by Crippen LogP contribution is -2.61. The number of aliphatic hydroxyl groups excluding tert-OH is 2. The Kier molecular flexibility index (Phi) is 48.9. The molecule has 0 bridgehead atoms. The van der Waals surface area contributed by atoms with Gasteiger partial charge >= 0.3 is 23.9 Å². The topological polar surface area (TPSA) is 175 Å². The molecule has 0 aromatic rings. The molecule has 3 N–H and O–H groups in total. The van der Waals surface area contributed by atoms with Crippen molar-refractivity contribution in [3.63, 3.8) is 0 Å². The molecule has 1 fully saturated rings. The molecule has 0 saturated carbocycles. The van der Waals surface area contributed by atoms with Crippen LogP contribution in [0.15, 0.2) is 182 Å². The Balaban J connectivity index is 2.79. The van der Waals surface area contributed by atoms with Gasteiger partial charge in [0, 0.05) is 19.3 Å². The van der Waals surface area contributed by atoms with Crippen molar-refractivity contribution in [2.45, 2.75) is 212 Å². The molecule has 12 heteroatoms. The SMILES string of the molecule is CC/C=C\C/C=C\C/C=C\C/C=C\C/C=C\C/C=C\CCC(=O)OC1C(OCC(COC(=O)CCCCC/C=C\C/C=C\C/C=C\C/C=C\C/C=C\CC)OC(=O)CC/C=C\C/C=C\C/C=C\C/C=C\CC)OC(C(=O)O)C(O)C1O. The first-order chi connectivity index (χ1) is 39.6. The molecule has 0 aromatic heterocycles. The van der Waals surface area contributed by atoms with Crippen LogP contribution in [-0.4, -0.2) is 89.2 Å². The summed E-state index contributed by atoms with van der Waals surface area (Å²) < 4.78 is 28.2. The number of allylic oxidation sites excluding steroid dienone is 30. The Morgan fingerprint density at radius 3 is 1.15 bits per heavy atom. The molecule has 1 heterocycles. The second-order valence-corrected chi connectivity index (χ2v) is 19.1. The second kappa shape index (κ2) is 54.4. The molecule has 6 atom stereocenters. The zero-order valence-corrected chi connectivity index (χ0v) is 49.2. The minimum Gasteiger partial charge on any atom is -0.479 e. The van der Waals surface area contributed by atoms with Crippen molar-refractivity contribution in [2.75, 3.05) is 13.2 Å². The summed E-state index contributed by atoms with van der Waals surface area (Å²) in [5, 5.41) is 31.5. The molecule has 0 radical (unpaired) electrons. The molecule has 12 nitrogen and oxygen atoms in total. The van der Waals surface area contributed by atoms with E-state index in [1.807, 2.05) is 36.5 Å². The van der Waals surface area contributed by atoms with Crippen molar-refractivity contribution in [1.82, 2.24) is 0 Å². The molecule has 81 heavy (non-hydrogen) atoms. The van der Waals surface area contributed by atoms with Crippen LogP contribution < -0.4 is 0 Å². The molecule has 0 aliphatic carbocycles. The largest absolute Gasteiger partial charge is 0.479 e. The van der Waals surface area contributed by atoms with Crippen LogP contribution in [0, 0.1) is 0 Å². The van der Waals surface area contributed by atoms with E-state index in [2.05, 4.69) is 167 Å². The third-order valence-electron chi connectivity index (χ3n) is 12.0. The Morgan fingerprint density at radius 1 is 0.407 bits per heavy atom. The van der Waals surface area contributed by atoms with Gasteiger partial charge in [0.25, 0.3) is 0 Å². The fourth-order valence-electron chi connectivity index (χ4n) is 7.55. The molecule has 1 saturated heterocycles. The number of rotatable bonds is 47. The number of unbranched alkanes of at least 4 members (excludes halogenated alkanes) is 3. The minimum atomic E-state index is -1.96. The zero-order valence-electron chi connectivity index (χ0n) is 49.2. The van der Waals surface area contributed by atoms with Crippen LogP contribution in [0.2, 0.25) is 0 Å². The van der Waals surface area contributed by atoms with Gasteiger partial charge in [-0.25, -0.2) is 4.79 Å². The lowest BCUT2D eigenvalue weighted by molar-refractivity contribution is -0.301. The number of hydrogen-bond donors (Lipinski definition) is 3. The summed E-state index contributed by atoms with van der Waals surface area (Å²) in [4.78, 5) is 51.1. The summed E-state index contributed by atoms with van der Waals surface area (Å²) in [6.45, 7) is 5.50. The minimum absolute atomic E-state index is 0.0134. The number of carboxylic acids is 1. The predicted octanol–water partition coefficient (Wildman–Crippen LogP) is 15.7. The second-order valence-electron chi connectivity index (χ2n) is 19.1. The van der Waals surface area contributed by atoms with Crippen molar-refractivity contribution in [3.05, 3.63) is 182 Å². The van der Waals surface area contributed by atoms with Gasteiger partial charge in [-0.2, -0.15) is 0 Å². The van der Waals surface area contributed by atoms with E-state index < -0.39 is 67.3 Å². The monoisotopic (exact) mass is 1120 g/mol. The highest BCUT2D eigenvalue weighted by Gasteiger charge is 2.50. The van der Waals surface area contributed by atoms with Gasteiger partial charge < -0.3 is 39.0 Å². The average molecular weight is 1120 g/mol. The normalized spacial score (nSPS) is 19.0. The van der Waals surface area contributed by atoms with Crippen molar-refractivity contribution >= 4 is 23.9 Å². The summed E-state index contributed by atoms with van der Waals surface area (Å²) in [6, 6.07) is 0. The average Bonchev–Trinajstić information content (AvgIpc) is 3.54. The summed E-state index contributed by atoms with van der Waals surface area (Å²) in [6.07, 6.45) is 70.3. The van der Waals surface area contributed by atoms with E-state index in [-0.39, 0.29) is 25.9 Å². The molecule has 0 amide bonds. The first-order valence-electron chi connectivity index (χ1n) is 29.8. The van der Waals surface area contributed by atoms with Crippen LogP contribution in [0.25, 0.3) is 0 Å². The highest BCUT2D eigenvalue weighted by Crippen LogP contribution is 2.26. The van der Waals surface area contributed by atoms with Gasteiger partial charge in [0.05, 0.1) is 6.61 Å². The molecular weight excluding hydrogens is 1020 g/mol. The summed E-state index contributed by atoms with van der Waals surface area (Å²) in [7, 11) is 0. The van der Waals surface area contributed by atoms with Crippen LogP contribution in [0.4, 0.5) is 0 Å². The van der Waals surface area contributed by atoms with Gasteiger partial charge in [0.1, 0.15) is 18.8 Å². The Bertz CT molecular complexity index is 2110. The number of ether oxygens (including phenoxy) is 5. The molecule has 448 valence electrons. The third-order valence-corrected chi connectivity index (χ3v) is 12.0. The Morgan fingerprint density at radius 2 is 0.765 bits per heavy atom. The maximum Gasteiger partial charge on any atom is 0.335 e. The summed E-state index contributed by atoms with van der Waals surface area (Å²) in [5.74, 6) is -3.42. The van der Waals surface area contributed by atoms with Gasteiger partial charge in [0.2, 0.25) is 0 Å². The van der Waals surface area contributed by atoms with Crippen LogP contribution in [0.1, 0.15) is 175 Å². The van der Waals surface area contributed by atoms with Crippen molar-refractivity contribution < 1.29 is 58.2 Å². The van der Waals surface area contributed by atoms with Crippen LogP contribution in [0.5, 0.6) is 0 Å². The van der Waals surface area contributed by atoms with E-state index in [0.717, 1.165) is 103 Å². The number of aliphatic hydroxyl groups is 2. The molecule has 1 rings (SSSR count). The lowest BCUT2D eigenvalue weighted by Gasteiger charge is -2.40. The highest BCUT2D eigenvalue weighted by molar-refractivity contribution is 5.74. The van der Waals surface area contributed by atoms with Crippen LogP contribution in [0.3, 0.4) is 0 Å². The van der Waals surface area contributed by atoms with Gasteiger partial charge in [-0.3, -0.25) is 14.4 Å². The van der Waals surface area contributed by atoms with Crippen molar-refractivity contribution in [3.8, 4) is 0 Å². The van der Waals surface area contributed by atoms with E-state index in [4.69, 9.17) is 23.7 Å². The fourth-order valence-corrected chi connectivity index (χ4v) is 7.55. The van der Waals surface area contributed by atoms with Gasteiger partial charge in [-0.1, -0.05) is 209 Å². The first kappa shape index (κ1) is 72.8. The van der Waals surface area contributed by atoms with Gasteiger partial charge in [0.15, 0.2) is 24.6 Å². The van der Waals surface area contributed by atoms with E-state index in [1.165, 1.54) is 0 Å². The van der Waals surface area contributed by atoms with E-state index in [0.29, 0.717) is 32.1 Å². The Labute approximate surface area is 487 Å². The molecule has 1 aliphatic rings. The number of carbonyl (C=O) groups is 4.